The minimum atomic E-state index is -0.741. The third-order valence-electron chi connectivity index (χ3n) is 3.55. The van der Waals surface area contributed by atoms with Gasteiger partial charge in [-0.1, -0.05) is 29.8 Å². The Balaban J connectivity index is 0.00000312. The van der Waals surface area contributed by atoms with Crippen LogP contribution in [0.15, 0.2) is 48.5 Å². The molecule has 1 atom stereocenters. The fraction of sp³-hybridized carbons (Fsp3) is 0.263. The summed E-state index contributed by atoms with van der Waals surface area (Å²) in [6.07, 6.45) is 0. The zero-order chi connectivity index (χ0) is 17.7. The molecular weight excluding hydrogens is 338 g/mol. The van der Waals surface area contributed by atoms with Gasteiger partial charge in [0.15, 0.2) is 0 Å². The highest BCUT2D eigenvalue weighted by atomic mass is 35.5. The lowest BCUT2D eigenvalue weighted by Crippen LogP contribution is -2.30. The predicted octanol–water partition coefficient (Wildman–Crippen LogP) is 3.19. The molecular formula is C19H24ClN3O2. The van der Waals surface area contributed by atoms with Crippen LogP contribution in [0.25, 0.3) is 0 Å². The molecule has 0 aliphatic carbocycles. The van der Waals surface area contributed by atoms with Gasteiger partial charge in [-0.2, -0.15) is 0 Å². The van der Waals surface area contributed by atoms with Crippen LogP contribution in [0.2, 0.25) is 0 Å². The topological polar surface area (TPSA) is 84.2 Å². The number of hydrogen-bond donors (Lipinski definition) is 3. The molecule has 0 heterocycles. The van der Waals surface area contributed by atoms with Crippen LogP contribution in [-0.4, -0.2) is 17.9 Å². The van der Waals surface area contributed by atoms with Crippen LogP contribution in [0.3, 0.4) is 0 Å². The van der Waals surface area contributed by atoms with Crippen molar-refractivity contribution in [1.82, 2.24) is 5.32 Å². The Kier molecular flexibility index (Phi) is 7.61. The molecule has 0 bridgehead atoms. The number of nitrogens with one attached hydrogen (secondary N) is 2. The van der Waals surface area contributed by atoms with E-state index < -0.39 is 6.04 Å². The second-order valence-electron chi connectivity index (χ2n) is 6.08. The summed E-state index contributed by atoms with van der Waals surface area (Å²) in [4.78, 5) is 24.1. The molecule has 6 heteroatoms. The Morgan fingerprint density at radius 2 is 1.52 bits per heavy atom. The van der Waals surface area contributed by atoms with E-state index in [0.717, 1.165) is 11.1 Å². The van der Waals surface area contributed by atoms with Crippen LogP contribution >= 0.6 is 12.4 Å². The van der Waals surface area contributed by atoms with Gasteiger partial charge in [-0.25, -0.2) is 0 Å². The van der Waals surface area contributed by atoms with E-state index in [1.807, 2.05) is 45.0 Å². The third kappa shape index (κ3) is 5.89. The summed E-state index contributed by atoms with van der Waals surface area (Å²) >= 11 is 0. The number of amides is 2. The number of halogens is 1. The summed E-state index contributed by atoms with van der Waals surface area (Å²) in [6.45, 7) is 5.78. The molecule has 2 aromatic rings. The molecule has 2 aromatic carbocycles. The zero-order valence-electron chi connectivity index (χ0n) is 14.6. The van der Waals surface area contributed by atoms with E-state index in [1.165, 1.54) is 0 Å². The van der Waals surface area contributed by atoms with Gasteiger partial charge in [0.1, 0.15) is 6.04 Å². The van der Waals surface area contributed by atoms with Crippen LogP contribution < -0.4 is 16.4 Å². The molecule has 0 saturated carbocycles. The molecule has 0 saturated heterocycles. The Bertz CT molecular complexity index is 712. The highest BCUT2D eigenvalue weighted by molar-refractivity contribution is 5.97. The van der Waals surface area contributed by atoms with Crippen LogP contribution in [0.4, 0.5) is 5.69 Å². The second kappa shape index (κ2) is 9.20. The minimum Gasteiger partial charge on any atom is -0.350 e. The van der Waals surface area contributed by atoms with Gasteiger partial charge in [0.05, 0.1) is 0 Å². The Morgan fingerprint density at radius 3 is 2.04 bits per heavy atom. The fourth-order valence-electron chi connectivity index (χ4n) is 2.20. The first kappa shape index (κ1) is 20.7. The molecule has 134 valence electrons. The van der Waals surface area contributed by atoms with Crippen molar-refractivity contribution in [2.45, 2.75) is 32.9 Å². The van der Waals surface area contributed by atoms with E-state index in [-0.39, 0.29) is 30.3 Å². The van der Waals surface area contributed by atoms with E-state index in [2.05, 4.69) is 10.6 Å². The summed E-state index contributed by atoms with van der Waals surface area (Å²) in [5.74, 6) is -0.433. The highest BCUT2D eigenvalue weighted by Gasteiger charge is 2.16. The molecule has 0 spiro atoms. The average molecular weight is 362 g/mol. The lowest BCUT2D eigenvalue weighted by atomic mass is 10.1. The SMILES string of the molecule is Cc1ccc(C(N)C(=O)Nc2ccc(C(=O)NC(C)C)cc2)cc1.Cl. The van der Waals surface area contributed by atoms with Crippen LogP contribution in [0, 0.1) is 6.92 Å². The highest BCUT2D eigenvalue weighted by Crippen LogP contribution is 2.15. The number of carbonyl (C=O) groups excluding carboxylic acids is 2. The van der Waals surface area contributed by atoms with E-state index in [0.29, 0.717) is 11.3 Å². The van der Waals surface area contributed by atoms with Crippen molar-refractivity contribution in [2.75, 3.05) is 5.32 Å². The van der Waals surface area contributed by atoms with Gasteiger partial charge in [-0.15, -0.1) is 12.4 Å². The molecule has 0 aliphatic heterocycles. The van der Waals surface area contributed by atoms with Crippen LogP contribution in [-0.2, 0) is 4.79 Å². The molecule has 2 rings (SSSR count). The van der Waals surface area contributed by atoms with Crippen molar-refractivity contribution >= 4 is 29.9 Å². The maximum Gasteiger partial charge on any atom is 0.251 e. The first-order chi connectivity index (χ1) is 11.4. The number of nitrogens with two attached hydrogens (primary N) is 1. The van der Waals surface area contributed by atoms with Gasteiger partial charge in [0.2, 0.25) is 5.91 Å². The normalized spacial score (nSPS) is 11.4. The van der Waals surface area contributed by atoms with Crippen molar-refractivity contribution in [1.29, 1.82) is 0 Å². The van der Waals surface area contributed by atoms with Crippen LogP contribution in [0.5, 0.6) is 0 Å². The Hall–Kier alpha value is -2.37. The van der Waals surface area contributed by atoms with Gasteiger partial charge < -0.3 is 16.4 Å². The maximum absolute atomic E-state index is 12.2. The van der Waals surface area contributed by atoms with E-state index in [1.54, 1.807) is 24.3 Å². The van der Waals surface area contributed by atoms with E-state index in [4.69, 9.17) is 5.73 Å². The molecule has 25 heavy (non-hydrogen) atoms. The third-order valence-corrected chi connectivity index (χ3v) is 3.55. The van der Waals surface area contributed by atoms with Crippen molar-refractivity contribution in [3.05, 3.63) is 65.2 Å². The summed E-state index contributed by atoms with van der Waals surface area (Å²) in [5, 5.41) is 5.58. The zero-order valence-corrected chi connectivity index (χ0v) is 15.4. The summed E-state index contributed by atoms with van der Waals surface area (Å²) in [5.41, 5.74) is 9.01. The molecule has 0 aromatic heterocycles. The molecule has 2 amide bonds. The Labute approximate surface area is 154 Å². The predicted molar refractivity (Wildman–Crippen MR) is 103 cm³/mol. The number of rotatable bonds is 5. The summed E-state index contributed by atoms with van der Waals surface area (Å²) in [6, 6.07) is 13.6. The molecule has 4 N–H and O–H groups in total. The van der Waals surface area contributed by atoms with Crippen LogP contribution in [0.1, 0.15) is 41.4 Å². The maximum atomic E-state index is 12.2. The quantitative estimate of drug-likeness (QED) is 0.764. The monoisotopic (exact) mass is 361 g/mol. The van der Waals surface area contributed by atoms with Crippen molar-refractivity contribution < 1.29 is 9.59 Å². The summed E-state index contributed by atoms with van der Waals surface area (Å²) in [7, 11) is 0. The van der Waals surface area contributed by atoms with Crippen molar-refractivity contribution in [2.24, 2.45) is 5.73 Å². The molecule has 0 radical (unpaired) electrons. The smallest absolute Gasteiger partial charge is 0.251 e. The second-order valence-corrected chi connectivity index (χ2v) is 6.08. The number of hydrogen-bond acceptors (Lipinski definition) is 3. The molecule has 0 fully saturated rings. The first-order valence-corrected chi connectivity index (χ1v) is 7.91. The Morgan fingerprint density at radius 1 is 0.960 bits per heavy atom. The number of aryl methyl sites for hydroxylation is 1. The lowest BCUT2D eigenvalue weighted by Gasteiger charge is -2.13. The number of anilines is 1. The van der Waals surface area contributed by atoms with E-state index in [9.17, 15) is 9.59 Å². The fourth-order valence-corrected chi connectivity index (χ4v) is 2.20. The van der Waals surface area contributed by atoms with Gasteiger partial charge in [0.25, 0.3) is 5.91 Å². The molecule has 5 nitrogen and oxygen atoms in total. The molecule has 0 aliphatic rings. The molecule has 1 unspecified atom stereocenters. The standard InChI is InChI=1S/C19H23N3O2.ClH/c1-12(2)21-18(23)15-8-10-16(11-9-15)22-19(24)17(20)14-6-4-13(3)5-7-14;/h4-12,17H,20H2,1-3H3,(H,21,23)(H,22,24);1H. The van der Waals surface area contributed by atoms with Gasteiger partial charge in [-0.3, -0.25) is 9.59 Å². The van der Waals surface area contributed by atoms with Crippen molar-refractivity contribution in [3.63, 3.8) is 0 Å². The van der Waals surface area contributed by atoms with Gasteiger partial charge in [0, 0.05) is 17.3 Å². The average Bonchev–Trinajstić information content (AvgIpc) is 2.55. The van der Waals surface area contributed by atoms with E-state index >= 15 is 0 Å². The van der Waals surface area contributed by atoms with Gasteiger partial charge in [-0.05, 0) is 50.6 Å². The largest absolute Gasteiger partial charge is 0.350 e. The van der Waals surface area contributed by atoms with Crippen molar-refractivity contribution in [3.8, 4) is 0 Å². The summed E-state index contributed by atoms with van der Waals surface area (Å²) < 4.78 is 0. The van der Waals surface area contributed by atoms with Gasteiger partial charge >= 0.3 is 0 Å². The number of carbonyl (C=O) groups is 2. The number of benzene rings is 2. The minimum absolute atomic E-state index is 0. The lowest BCUT2D eigenvalue weighted by molar-refractivity contribution is -0.117. The first-order valence-electron chi connectivity index (χ1n) is 7.91.